The van der Waals surface area contributed by atoms with Crippen molar-refractivity contribution in [2.24, 2.45) is 0 Å². The molecule has 3 aliphatic heterocycles. The molecule has 0 saturated carbocycles. The third-order valence-corrected chi connectivity index (χ3v) is 6.66. The van der Waals surface area contributed by atoms with Gasteiger partial charge in [-0.2, -0.15) is 0 Å². The molecule has 2 aromatic carbocycles. The van der Waals surface area contributed by atoms with Crippen LogP contribution in [0, 0.1) is 0 Å². The van der Waals surface area contributed by atoms with Gasteiger partial charge >= 0.3 is 0 Å². The van der Waals surface area contributed by atoms with E-state index in [1.54, 1.807) is 0 Å². The first-order chi connectivity index (χ1) is 13.2. The number of carbonyl (C=O) groups excluding carboxylic acids is 1. The number of hydrogen-bond acceptors (Lipinski definition) is 3. The fourth-order valence-corrected chi connectivity index (χ4v) is 4.95. The van der Waals surface area contributed by atoms with Gasteiger partial charge in [0.1, 0.15) is 0 Å². The van der Waals surface area contributed by atoms with Gasteiger partial charge in [-0.05, 0) is 67.6 Å². The molecule has 4 heteroatoms. The molecule has 0 bridgehead atoms. The maximum atomic E-state index is 12.9. The van der Waals surface area contributed by atoms with Gasteiger partial charge < -0.3 is 15.1 Å². The Morgan fingerprint density at radius 2 is 1.56 bits per heavy atom. The molecule has 27 heavy (non-hydrogen) atoms. The Balaban J connectivity index is 1.24. The predicted octanol–water partition coefficient (Wildman–Crippen LogP) is 3.57. The molecule has 2 saturated heterocycles. The van der Waals surface area contributed by atoms with Crippen molar-refractivity contribution in [3.05, 3.63) is 65.2 Å². The second-order valence-corrected chi connectivity index (χ2v) is 8.27. The zero-order valence-electron chi connectivity index (χ0n) is 15.8. The number of amides is 1. The number of benzene rings is 2. The van der Waals surface area contributed by atoms with Crippen molar-refractivity contribution in [2.75, 3.05) is 24.5 Å². The SMILES string of the molecule is O=C(c1ccc(N2Cc3ccccc3C2)cc1)N1CCC2(CCCN2)CC1. The van der Waals surface area contributed by atoms with Crippen LogP contribution in [0.3, 0.4) is 0 Å². The van der Waals surface area contributed by atoms with Crippen LogP contribution in [0.15, 0.2) is 48.5 Å². The molecule has 1 spiro atoms. The van der Waals surface area contributed by atoms with Gasteiger partial charge in [-0.1, -0.05) is 24.3 Å². The first kappa shape index (κ1) is 16.8. The third kappa shape index (κ3) is 3.12. The Hall–Kier alpha value is -2.33. The van der Waals surface area contributed by atoms with Crippen LogP contribution in [-0.4, -0.2) is 36.0 Å². The summed E-state index contributed by atoms with van der Waals surface area (Å²) in [7, 11) is 0. The summed E-state index contributed by atoms with van der Waals surface area (Å²) in [5.41, 5.74) is 5.12. The highest BCUT2D eigenvalue weighted by atomic mass is 16.2. The number of fused-ring (bicyclic) bond motifs is 1. The van der Waals surface area contributed by atoms with Crippen molar-refractivity contribution >= 4 is 11.6 Å². The number of nitrogens with one attached hydrogen (secondary N) is 1. The maximum absolute atomic E-state index is 12.9. The highest BCUT2D eigenvalue weighted by molar-refractivity contribution is 5.94. The number of carbonyl (C=O) groups is 1. The molecular weight excluding hydrogens is 334 g/mol. The van der Waals surface area contributed by atoms with Gasteiger partial charge in [-0.3, -0.25) is 4.79 Å². The van der Waals surface area contributed by atoms with Gasteiger partial charge in [0.15, 0.2) is 0 Å². The molecule has 1 N–H and O–H groups in total. The summed E-state index contributed by atoms with van der Waals surface area (Å²) in [5.74, 6) is 0.180. The Morgan fingerprint density at radius 1 is 0.889 bits per heavy atom. The lowest BCUT2D eigenvalue weighted by atomic mass is 9.86. The largest absolute Gasteiger partial charge is 0.363 e. The van der Waals surface area contributed by atoms with Gasteiger partial charge in [0.2, 0.25) is 0 Å². The van der Waals surface area contributed by atoms with E-state index in [1.165, 1.54) is 29.7 Å². The fourth-order valence-electron chi connectivity index (χ4n) is 4.95. The fraction of sp³-hybridized carbons (Fsp3) is 0.435. The lowest BCUT2D eigenvalue weighted by Crippen LogP contribution is -2.51. The molecule has 2 aromatic rings. The van der Waals surface area contributed by atoms with Gasteiger partial charge in [-0.15, -0.1) is 0 Å². The molecule has 0 unspecified atom stereocenters. The minimum absolute atomic E-state index is 0.180. The molecule has 2 fully saturated rings. The van der Waals surface area contributed by atoms with Crippen LogP contribution in [0.5, 0.6) is 0 Å². The first-order valence-corrected chi connectivity index (χ1v) is 10.2. The second-order valence-electron chi connectivity index (χ2n) is 8.27. The van der Waals surface area contributed by atoms with E-state index in [4.69, 9.17) is 0 Å². The van der Waals surface area contributed by atoms with Crippen molar-refractivity contribution in [3.63, 3.8) is 0 Å². The summed E-state index contributed by atoms with van der Waals surface area (Å²) < 4.78 is 0. The van der Waals surface area contributed by atoms with Gasteiger partial charge in [0, 0.05) is 43.0 Å². The molecule has 3 aliphatic rings. The van der Waals surface area contributed by atoms with E-state index >= 15 is 0 Å². The Kier molecular flexibility index (Phi) is 4.16. The zero-order chi connectivity index (χ0) is 18.3. The maximum Gasteiger partial charge on any atom is 0.253 e. The summed E-state index contributed by atoms with van der Waals surface area (Å²) in [5, 5.41) is 3.67. The summed E-state index contributed by atoms with van der Waals surface area (Å²) in [4.78, 5) is 17.3. The van der Waals surface area contributed by atoms with E-state index in [9.17, 15) is 4.79 Å². The number of hydrogen-bond donors (Lipinski definition) is 1. The summed E-state index contributed by atoms with van der Waals surface area (Å²) in [6.45, 7) is 4.77. The number of rotatable bonds is 2. The lowest BCUT2D eigenvalue weighted by molar-refractivity contribution is 0.0657. The third-order valence-electron chi connectivity index (χ3n) is 6.66. The van der Waals surface area contributed by atoms with Crippen LogP contribution in [0.2, 0.25) is 0 Å². The van der Waals surface area contributed by atoms with Gasteiger partial charge in [0.25, 0.3) is 5.91 Å². The standard InChI is InChI=1S/C23H27N3O/c27-22(25-14-11-23(12-15-25)10-3-13-24-23)18-6-8-21(9-7-18)26-16-19-4-1-2-5-20(19)17-26/h1-2,4-9,24H,3,10-17H2. The topological polar surface area (TPSA) is 35.6 Å². The lowest BCUT2D eigenvalue weighted by Gasteiger charge is -2.39. The number of likely N-dealkylation sites (tertiary alicyclic amines) is 1. The predicted molar refractivity (Wildman–Crippen MR) is 108 cm³/mol. The molecule has 0 aliphatic carbocycles. The first-order valence-electron chi connectivity index (χ1n) is 10.2. The van der Waals surface area contributed by atoms with Crippen LogP contribution < -0.4 is 10.2 Å². The Labute approximate surface area is 161 Å². The van der Waals surface area contributed by atoms with Crippen molar-refractivity contribution < 1.29 is 4.79 Å². The molecule has 5 rings (SSSR count). The van der Waals surface area contributed by atoms with E-state index in [-0.39, 0.29) is 5.91 Å². The number of nitrogens with zero attached hydrogens (tertiary/aromatic N) is 2. The van der Waals surface area contributed by atoms with E-state index in [0.717, 1.165) is 51.1 Å². The summed E-state index contributed by atoms with van der Waals surface area (Å²) in [6.07, 6.45) is 4.71. The highest BCUT2D eigenvalue weighted by Gasteiger charge is 2.37. The van der Waals surface area contributed by atoms with Crippen molar-refractivity contribution in [1.29, 1.82) is 0 Å². The molecule has 0 radical (unpaired) electrons. The smallest absolute Gasteiger partial charge is 0.253 e. The van der Waals surface area contributed by atoms with Crippen LogP contribution >= 0.6 is 0 Å². The van der Waals surface area contributed by atoms with E-state index in [0.29, 0.717) is 5.54 Å². The molecular formula is C23H27N3O. The zero-order valence-corrected chi connectivity index (χ0v) is 15.8. The van der Waals surface area contributed by atoms with Crippen LogP contribution in [-0.2, 0) is 13.1 Å². The normalized spacial score (nSPS) is 20.9. The quantitative estimate of drug-likeness (QED) is 0.888. The number of piperidine rings is 1. The van der Waals surface area contributed by atoms with E-state index in [2.05, 4.69) is 46.6 Å². The molecule has 1 amide bonds. The van der Waals surface area contributed by atoms with Crippen LogP contribution in [0.4, 0.5) is 5.69 Å². The summed E-state index contributed by atoms with van der Waals surface area (Å²) >= 11 is 0. The minimum Gasteiger partial charge on any atom is -0.363 e. The van der Waals surface area contributed by atoms with Crippen molar-refractivity contribution in [1.82, 2.24) is 10.2 Å². The Morgan fingerprint density at radius 3 is 2.15 bits per heavy atom. The molecule has 4 nitrogen and oxygen atoms in total. The second kappa shape index (κ2) is 6.68. The highest BCUT2D eigenvalue weighted by Crippen LogP contribution is 2.32. The Bertz CT molecular complexity index is 804. The minimum atomic E-state index is 0.180. The average Bonchev–Trinajstić information content (AvgIpc) is 3.35. The molecule has 140 valence electrons. The van der Waals surface area contributed by atoms with Gasteiger partial charge in [-0.25, -0.2) is 0 Å². The van der Waals surface area contributed by atoms with Crippen molar-refractivity contribution in [2.45, 2.75) is 44.3 Å². The average molecular weight is 361 g/mol. The van der Waals surface area contributed by atoms with E-state index in [1.807, 2.05) is 17.0 Å². The van der Waals surface area contributed by atoms with Gasteiger partial charge in [0.05, 0.1) is 0 Å². The molecule has 0 aromatic heterocycles. The summed E-state index contributed by atoms with van der Waals surface area (Å²) in [6, 6.07) is 16.8. The van der Waals surface area contributed by atoms with E-state index < -0.39 is 0 Å². The molecule has 0 atom stereocenters. The monoisotopic (exact) mass is 361 g/mol. The van der Waals surface area contributed by atoms with Crippen LogP contribution in [0.1, 0.15) is 47.2 Å². The molecule has 3 heterocycles. The number of anilines is 1. The van der Waals surface area contributed by atoms with Crippen molar-refractivity contribution in [3.8, 4) is 0 Å². The van der Waals surface area contributed by atoms with Crippen LogP contribution in [0.25, 0.3) is 0 Å².